The van der Waals surface area contributed by atoms with Crippen molar-refractivity contribution in [1.29, 1.82) is 0 Å². The molecule has 0 fully saturated rings. The Hall–Kier alpha value is -2.55. The largest absolute Gasteiger partial charge is 0.493 e. The summed E-state index contributed by atoms with van der Waals surface area (Å²) >= 11 is 0. The lowest BCUT2D eigenvalue weighted by Gasteiger charge is -2.10. The summed E-state index contributed by atoms with van der Waals surface area (Å²) < 4.78 is 12.0. The number of hydrogen-bond acceptors (Lipinski definition) is 3. The topological polar surface area (TPSA) is 35.3 Å². The van der Waals surface area contributed by atoms with E-state index in [4.69, 9.17) is 14.1 Å². The maximum atomic E-state index is 6.04. The number of nitrogens with zero attached hydrogens (tertiary/aromatic N) is 1. The lowest BCUT2D eigenvalue weighted by atomic mass is 9.99. The van der Waals surface area contributed by atoms with E-state index in [1.807, 2.05) is 30.3 Å². The fraction of sp³-hybridized carbons (Fsp3) is 0.375. The zero-order chi connectivity index (χ0) is 18.6. The van der Waals surface area contributed by atoms with Crippen molar-refractivity contribution in [2.75, 3.05) is 6.61 Å². The first-order valence-electron chi connectivity index (χ1n) is 10.1. The second-order valence-corrected chi connectivity index (χ2v) is 7.21. The van der Waals surface area contributed by atoms with Crippen molar-refractivity contribution in [1.82, 2.24) is 4.98 Å². The molecule has 2 aromatic carbocycles. The van der Waals surface area contributed by atoms with Gasteiger partial charge in [0.2, 0.25) is 5.89 Å². The minimum atomic E-state index is 0.615. The van der Waals surface area contributed by atoms with Crippen LogP contribution in [-0.4, -0.2) is 11.6 Å². The van der Waals surface area contributed by atoms with Crippen LogP contribution in [0.4, 0.5) is 0 Å². The maximum Gasteiger partial charge on any atom is 0.226 e. The Bertz CT molecular complexity index is 898. The summed E-state index contributed by atoms with van der Waals surface area (Å²) in [4.78, 5) is 4.71. The van der Waals surface area contributed by atoms with E-state index in [1.165, 1.54) is 30.4 Å². The molecule has 3 nitrogen and oxygen atoms in total. The normalized spacial score (nSPS) is 15.7. The molecule has 0 bridgehead atoms. The van der Waals surface area contributed by atoms with Gasteiger partial charge in [-0.25, -0.2) is 4.98 Å². The molecular weight excluding hydrogens is 334 g/mol. The molecule has 27 heavy (non-hydrogen) atoms. The summed E-state index contributed by atoms with van der Waals surface area (Å²) in [5, 5.41) is 0. The van der Waals surface area contributed by atoms with E-state index in [0.717, 1.165) is 41.5 Å². The van der Waals surface area contributed by atoms with Crippen molar-refractivity contribution in [3.05, 3.63) is 71.1 Å². The van der Waals surface area contributed by atoms with Gasteiger partial charge in [0, 0.05) is 18.4 Å². The number of aryl methyl sites for hydroxylation is 2. The van der Waals surface area contributed by atoms with E-state index in [0.29, 0.717) is 12.5 Å². The van der Waals surface area contributed by atoms with Crippen LogP contribution in [0.2, 0.25) is 0 Å². The number of benzene rings is 2. The Morgan fingerprint density at radius 2 is 1.96 bits per heavy atom. The molecule has 0 spiro atoms. The predicted molar refractivity (Wildman–Crippen MR) is 108 cm³/mol. The fourth-order valence-corrected chi connectivity index (χ4v) is 4.02. The van der Waals surface area contributed by atoms with Crippen LogP contribution in [0.3, 0.4) is 0 Å². The molecule has 0 radical (unpaired) electrons. The number of rotatable bonds is 7. The molecule has 3 heteroatoms. The predicted octanol–water partition coefficient (Wildman–Crippen LogP) is 5.97. The number of ether oxygens (including phenoxy) is 1. The molecule has 140 valence electrons. The first-order valence-corrected chi connectivity index (χ1v) is 10.1. The van der Waals surface area contributed by atoms with Gasteiger partial charge < -0.3 is 9.15 Å². The Kier molecular flexibility index (Phi) is 5.28. The molecule has 0 N–H and O–H groups in total. The molecule has 4 rings (SSSR count). The van der Waals surface area contributed by atoms with Crippen molar-refractivity contribution in [2.24, 2.45) is 0 Å². The van der Waals surface area contributed by atoms with Crippen molar-refractivity contribution >= 4 is 0 Å². The van der Waals surface area contributed by atoms with Gasteiger partial charge in [-0.15, -0.1) is 0 Å². The average molecular weight is 361 g/mol. The van der Waals surface area contributed by atoms with E-state index >= 15 is 0 Å². The van der Waals surface area contributed by atoms with Crippen molar-refractivity contribution in [2.45, 2.75) is 51.9 Å². The molecule has 0 amide bonds. The van der Waals surface area contributed by atoms with Gasteiger partial charge in [0.1, 0.15) is 11.5 Å². The SMILES string of the molecule is CCc1oc(-c2ccccc2)nc1CCOc1ccc2c(c1)CC[C@H]2CC. The molecular formula is C24H27NO2. The minimum absolute atomic E-state index is 0.615. The zero-order valence-electron chi connectivity index (χ0n) is 16.2. The molecule has 1 aliphatic rings. The third-order valence-corrected chi connectivity index (χ3v) is 5.54. The van der Waals surface area contributed by atoms with Gasteiger partial charge in [-0.2, -0.15) is 0 Å². The first kappa shape index (κ1) is 17.8. The highest BCUT2D eigenvalue weighted by molar-refractivity contribution is 5.53. The molecule has 1 atom stereocenters. The van der Waals surface area contributed by atoms with Crippen LogP contribution < -0.4 is 4.74 Å². The van der Waals surface area contributed by atoms with Crippen molar-refractivity contribution in [3.63, 3.8) is 0 Å². The van der Waals surface area contributed by atoms with Crippen molar-refractivity contribution < 1.29 is 9.15 Å². The molecule has 0 unspecified atom stereocenters. The second kappa shape index (κ2) is 7.99. The van der Waals surface area contributed by atoms with E-state index < -0.39 is 0 Å². The standard InChI is InChI=1S/C24H27NO2/c1-3-17-10-11-19-16-20(12-13-21(17)19)26-15-14-22-23(4-2)27-24(25-22)18-8-6-5-7-9-18/h5-9,12-13,16-17H,3-4,10-11,14-15H2,1-2H3/t17-/m1/s1. The lowest BCUT2D eigenvalue weighted by Crippen LogP contribution is -2.04. The highest BCUT2D eigenvalue weighted by Crippen LogP contribution is 2.37. The summed E-state index contributed by atoms with van der Waals surface area (Å²) in [6, 6.07) is 16.7. The number of fused-ring (bicyclic) bond motifs is 1. The third-order valence-electron chi connectivity index (χ3n) is 5.54. The Labute approximate surface area is 161 Å². The summed E-state index contributed by atoms with van der Waals surface area (Å²) in [6.45, 7) is 4.99. The van der Waals surface area contributed by atoms with E-state index in [-0.39, 0.29) is 0 Å². The van der Waals surface area contributed by atoms with Crippen LogP contribution in [0.1, 0.15) is 55.2 Å². The van der Waals surface area contributed by atoms with Gasteiger partial charge in [0.25, 0.3) is 0 Å². The quantitative estimate of drug-likeness (QED) is 0.520. The Balaban J connectivity index is 1.42. The third kappa shape index (κ3) is 3.78. The average Bonchev–Trinajstić information content (AvgIpc) is 3.32. The summed E-state index contributed by atoms with van der Waals surface area (Å²) in [6.07, 6.45) is 5.27. The fourth-order valence-electron chi connectivity index (χ4n) is 4.02. The summed E-state index contributed by atoms with van der Waals surface area (Å²) in [5.74, 6) is 3.35. The number of hydrogen-bond donors (Lipinski definition) is 0. The van der Waals surface area contributed by atoms with Crippen LogP contribution in [0.5, 0.6) is 5.75 Å². The van der Waals surface area contributed by atoms with Gasteiger partial charge >= 0.3 is 0 Å². The molecule has 1 aromatic heterocycles. The number of oxazole rings is 1. The Morgan fingerprint density at radius 3 is 2.74 bits per heavy atom. The molecule has 1 aliphatic carbocycles. The van der Waals surface area contributed by atoms with Gasteiger partial charge in [-0.3, -0.25) is 0 Å². The van der Waals surface area contributed by atoms with E-state index in [2.05, 4.69) is 32.0 Å². The molecule has 1 heterocycles. The van der Waals surface area contributed by atoms with Gasteiger partial charge in [0.05, 0.1) is 12.3 Å². The highest BCUT2D eigenvalue weighted by atomic mass is 16.5. The van der Waals surface area contributed by atoms with Gasteiger partial charge in [-0.05, 0) is 60.6 Å². The molecule has 0 saturated heterocycles. The van der Waals surface area contributed by atoms with Gasteiger partial charge in [-0.1, -0.05) is 38.1 Å². The van der Waals surface area contributed by atoms with Gasteiger partial charge in [0.15, 0.2) is 0 Å². The lowest BCUT2D eigenvalue weighted by molar-refractivity contribution is 0.319. The van der Waals surface area contributed by atoms with Crippen LogP contribution >= 0.6 is 0 Å². The molecule has 0 aliphatic heterocycles. The van der Waals surface area contributed by atoms with Crippen molar-refractivity contribution in [3.8, 4) is 17.2 Å². The summed E-state index contributed by atoms with van der Waals surface area (Å²) in [5.41, 5.74) is 5.00. The minimum Gasteiger partial charge on any atom is -0.493 e. The number of aromatic nitrogens is 1. The zero-order valence-corrected chi connectivity index (χ0v) is 16.2. The van der Waals surface area contributed by atoms with Crippen LogP contribution in [0, 0.1) is 0 Å². The Morgan fingerprint density at radius 1 is 1.11 bits per heavy atom. The smallest absolute Gasteiger partial charge is 0.226 e. The second-order valence-electron chi connectivity index (χ2n) is 7.21. The highest BCUT2D eigenvalue weighted by Gasteiger charge is 2.21. The van der Waals surface area contributed by atoms with E-state index in [1.54, 1.807) is 0 Å². The molecule has 3 aromatic rings. The first-order chi connectivity index (χ1) is 13.3. The summed E-state index contributed by atoms with van der Waals surface area (Å²) in [7, 11) is 0. The maximum absolute atomic E-state index is 6.04. The van der Waals surface area contributed by atoms with Crippen LogP contribution in [-0.2, 0) is 19.3 Å². The monoisotopic (exact) mass is 361 g/mol. The van der Waals surface area contributed by atoms with Crippen LogP contribution in [0.15, 0.2) is 52.9 Å². The van der Waals surface area contributed by atoms with Crippen LogP contribution in [0.25, 0.3) is 11.5 Å². The van der Waals surface area contributed by atoms with E-state index in [9.17, 15) is 0 Å². The molecule has 0 saturated carbocycles.